The minimum absolute atomic E-state index is 0.0411. The van der Waals surface area contributed by atoms with E-state index in [0.717, 1.165) is 0 Å². The summed E-state index contributed by atoms with van der Waals surface area (Å²) in [7, 11) is -4.30. The molecule has 0 bridgehead atoms. The van der Waals surface area contributed by atoms with Gasteiger partial charge in [0.25, 0.3) is 10.0 Å². The first-order valence-electron chi connectivity index (χ1n) is 8.98. The van der Waals surface area contributed by atoms with Crippen LogP contribution in [0, 0.1) is 0 Å². The second-order valence-electron chi connectivity index (χ2n) is 5.92. The molecular formula is C19H26NO7PS. The zero-order valence-electron chi connectivity index (χ0n) is 16.9. The van der Waals surface area contributed by atoms with Crippen LogP contribution in [-0.4, -0.2) is 35.9 Å². The molecule has 0 aliphatic heterocycles. The van der Waals surface area contributed by atoms with Crippen LogP contribution in [0.5, 0.6) is 11.5 Å². The number of nitrogens with one attached hydrogen (secondary N) is 1. The van der Waals surface area contributed by atoms with Crippen molar-refractivity contribution in [1.82, 2.24) is 0 Å². The number of sulfonamides is 1. The Kier molecular flexibility index (Phi) is 8.10. The second-order valence-corrected chi connectivity index (χ2v) is 9.63. The summed E-state index contributed by atoms with van der Waals surface area (Å²) in [5, 5.41) is 0. The predicted octanol–water partition coefficient (Wildman–Crippen LogP) is 4.27. The maximum atomic E-state index is 12.8. The first kappa shape index (κ1) is 23.2. The van der Waals surface area contributed by atoms with Gasteiger partial charge in [0, 0.05) is 11.8 Å². The zero-order valence-corrected chi connectivity index (χ0v) is 18.6. The van der Waals surface area contributed by atoms with Crippen LogP contribution in [0.25, 0.3) is 0 Å². The molecule has 0 spiro atoms. The number of methoxy groups -OCH3 is 2. The molecule has 0 heterocycles. The monoisotopic (exact) mass is 443 g/mol. The van der Waals surface area contributed by atoms with Crippen LogP contribution in [0.1, 0.15) is 19.4 Å². The molecule has 0 aliphatic rings. The average Bonchev–Trinajstić information content (AvgIpc) is 2.69. The van der Waals surface area contributed by atoms with Gasteiger partial charge in [-0.25, -0.2) is 8.42 Å². The van der Waals surface area contributed by atoms with Crippen molar-refractivity contribution >= 4 is 23.3 Å². The number of rotatable bonds is 11. The Hall–Kier alpha value is -2.06. The lowest BCUT2D eigenvalue weighted by molar-refractivity contribution is 0.219. The molecule has 0 unspecified atom stereocenters. The molecule has 0 aromatic heterocycles. The molecule has 0 aliphatic carbocycles. The van der Waals surface area contributed by atoms with Crippen molar-refractivity contribution in [3.63, 3.8) is 0 Å². The van der Waals surface area contributed by atoms with Crippen LogP contribution in [0.2, 0.25) is 0 Å². The van der Waals surface area contributed by atoms with E-state index < -0.39 is 17.6 Å². The lowest BCUT2D eigenvalue weighted by atomic mass is 10.2. The molecule has 10 heteroatoms. The Morgan fingerprint density at radius 1 is 0.931 bits per heavy atom. The third-order valence-corrected chi connectivity index (χ3v) is 7.35. The summed E-state index contributed by atoms with van der Waals surface area (Å²) >= 11 is 0. The molecule has 29 heavy (non-hydrogen) atoms. The van der Waals surface area contributed by atoms with Crippen LogP contribution in [0.4, 0.5) is 5.69 Å². The van der Waals surface area contributed by atoms with Gasteiger partial charge in [-0.3, -0.25) is 9.29 Å². The van der Waals surface area contributed by atoms with Gasteiger partial charge < -0.3 is 18.5 Å². The largest absolute Gasteiger partial charge is 0.497 e. The zero-order chi connectivity index (χ0) is 21.5. The molecule has 1 N–H and O–H groups in total. The summed E-state index contributed by atoms with van der Waals surface area (Å²) in [6.45, 7) is 4.04. The summed E-state index contributed by atoms with van der Waals surface area (Å²) in [5.41, 5.74) is 1.05. The Labute approximate surface area is 171 Å². The van der Waals surface area contributed by atoms with Gasteiger partial charge in [0.05, 0.1) is 33.6 Å². The number of ether oxygens (including phenoxy) is 2. The smallest absolute Gasteiger partial charge is 0.335 e. The van der Waals surface area contributed by atoms with Gasteiger partial charge in [0.2, 0.25) is 0 Å². The van der Waals surface area contributed by atoms with Crippen molar-refractivity contribution in [1.29, 1.82) is 0 Å². The fraction of sp³-hybridized carbons (Fsp3) is 0.368. The Balaban J connectivity index is 2.22. The molecule has 2 aromatic carbocycles. The molecule has 160 valence electrons. The minimum Gasteiger partial charge on any atom is -0.497 e. The maximum absolute atomic E-state index is 12.8. The number of hydrogen-bond donors (Lipinski definition) is 1. The molecule has 0 atom stereocenters. The van der Waals surface area contributed by atoms with Gasteiger partial charge >= 0.3 is 7.60 Å². The van der Waals surface area contributed by atoms with Gasteiger partial charge in [-0.1, -0.05) is 12.1 Å². The second kappa shape index (κ2) is 10.1. The lowest BCUT2D eigenvalue weighted by Crippen LogP contribution is -2.14. The van der Waals surface area contributed by atoms with Crippen LogP contribution >= 0.6 is 7.60 Å². The van der Waals surface area contributed by atoms with Crippen LogP contribution in [0.15, 0.2) is 47.4 Å². The highest BCUT2D eigenvalue weighted by molar-refractivity contribution is 7.92. The van der Waals surface area contributed by atoms with Crippen molar-refractivity contribution in [2.75, 3.05) is 32.2 Å². The van der Waals surface area contributed by atoms with Gasteiger partial charge in [-0.15, -0.1) is 0 Å². The summed E-state index contributed by atoms with van der Waals surface area (Å²) in [4.78, 5) is -0.0411. The topological polar surface area (TPSA) is 100 Å². The molecule has 0 fully saturated rings. The molecule has 0 saturated carbocycles. The molecule has 0 amide bonds. The summed E-state index contributed by atoms with van der Waals surface area (Å²) in [6.07, 6.45) is 0.103. The van der Waals surface area contributed by atoms with E-state index in [0.29, 0.717) is 17.0 Å². The summed E-state index contributed by atoms with van der Waals surface area (Å²) < 4.78 is 61.6. The summed E-state index contributed by atoms with van der Waals surface area (Å²) in [6, 6.07) is 11.0. The number of anilines is 1. The molecule has 2 aromatic rings. The highest BCUT2D eigenvalue weighted by Gasteiger charge is 2.24. The van der Waals surface area contributed by atoms with E-state index in [9.17, 15) is 13.0 Å². The van der Waals surface area contributed by atoms with Crippen molar-refractivity contribution < 1.29 is 31.5 Å². The van der Waals surface area contributed by atoms with E-state index in [1.807, 2.05) is 0 Å². The third-order valence-electron chi connectivity index (χ3n) is 3.89. The van der Waals surface area contributed by atoms with Crippen molar-refractivity contribution in [3.8, 4) is 11.5 Å². The molecule has 0 saturated heterocycles. The molecule has 2 rings (SSSR count). The average molecular weight is 443 g/mol. The van der Waals surface area contributed by atoms with Gasteiger partial charge in [-0.2, -0.15) is 0 Å². The number of hydrogen-bond acceptors (Lipinski definition) is 7. The van der Waals surface area contributed by atoms with E-state index in [2.05, 4.69) is 4.72 Å². The van der Waals surface area contributed by atoms with Crippen molar-refractivity contribution in [2.45, 2.75) is 24.9 Å². The molecule has 8 nitrogen and oxygen atoms in total. The number of benzene rings is 2. The normalized spacial score (nSPS) is 11.9. The third kappa shape index (κ3) is 6.21. The van der Waals surface area contributed by atoms with E-state index >= 15 is 0 Å². The SMILES string of the molecule is CCOP(=O)(Cc1ccc(NS(=O)(=O)c2cc(OC)ccc2OC)cc1)OCC. The van der Waals surface area contributed by atoms with E-state index in [1.54, 1.807) is 44.2 Å². The van der Waals surface area contributed by atoms with Crippen LogP contribution in [-0.2, 0) is 29.8 Å². The van der Waals surface area contributed by atoms with Crippen molar-refractivity contribution in [3.05, 3.63) is 48.0 Å². The van der Waals surface area contributed by atoms with Crippen LogP contribution < -0.4 is 14.2 Å². The Bertz CT molecular complexity index is 951. The highest BCUT2D eigenvalue weighted by atomic mass is 32.2. The van der Waals surface area contributed by atoms with E-state index in [1.165, 1.54) is 26.4 Å². The van der Waals surface area contributed by atoms with Gasteiger partial charge in [0.1, 0.15) is 16.4 Å². The first-order chi connectivity index (χ1) is 13.8. The maximum Gasteiger partial charge on any atom is 0.335 e. The van der Waals surface area contributed by atoms with Gasteiger partial charge in [0.15, 0.2) is 0 Å². The molecular weight excluding hydrogens is 417 g/mol. The Morgan fingerprint density at radius 3 is 2.07 bits per heavy atom. The van der Waals surface area contributed by atoms with E-state index in [-0.39, 0.29) is 30.0 Å². The van der Waals surface area contributed by atoms with Crippen LogP contribution in [0.3, 0.4) is 0 Å². The predicted molar refractivity (Wildman–Crippen MR) is 111 cm³/mol. The standard InChI is InChI=1S/C19H26NO7PS/c1-5-26-28(21,27-6-2)14-15-7-9-16(10-8-15)20-29(22,23)19-13-17(24-3)11-12-18(19)25-4/h7-13,20H,5-6,14H2,1-4H3. The first-order valence-corrected chi connectivity index (χ1v) is 12.2. The summed E-state index contributed by atoms with van der Waals surface area (Å²) in [5.74, 6) is 0.591. The fourth-order valence-electron chi connectivity index (χ4n) is 2.63. The fourth-order valence-corrected chi connectivity index (χ4v) is 5.57. The lowest BCUT2D eigenvalue weighted by Gasteiger charge is -2.17. The van der Waals surface area contributed by atoms with Gasteiger partial charge in [-0.05, 0) is 43.7 Å². The molecule has 0 radical (unpaired) electrons. The minimum atomic E-state index is -3.91. The highest BCUT2D eigenvalue weighted by Crippen LogP contribution is 2.51. The van der Waals surface area contributed by atoms with E-state index in [4.69, 9.17) is 18.5 Å². The van der Waals surface area contributed by atoms with Crippen molar-refractivity contribution in [2.24, 2.45) is 0 Å². The quantitative estimate of drug-likeness (QED) is 0.518. The Morgan fingerprint density at radius 2 is 1.55 bits per heavy atom.